The number of thiophene rings is 1. The van der Waals surface area contributed by atoms with Crippen molar-refractivity contribution in [2.24, 2.45) is 0 Å². The third-order valence-electron chi connectivity index (χ3n) is 1.87. The number of carbonyl (C=O) groups is 1. The Morgan fingerprint density at radius 2 is 2.46 bits per heavy atom. The van der Waals surface area contributed by atoms with E-state index in [1.54, 1.807) is 0 Å². The van der Waals surface area contributed by atoms with Crippen LogP contribution in [0, 0.1) is 0 Å². The Bertz CT molecular complexity index is 326. The molecule has 0 unspecified atom stereocenters. The van der Waals surface area contributed by atoms with E-state index in [1.807, 2.05) is 12.1 Å². The van der Waals surface area contributed by atoms with Gasteiger partial charge in [-0.2, -0.15) is 0 Å². The van der Waals surface area contributed by atoms with E-state index in [9.17, 15) is 4.79 Å². The maximum atomic E-state index is 10.9. The standard InChI is InChI=1S/C8H8ClNO2S/c9-7-2-1-6(13-7)5-3-4-12-8(11)10-5/h1-2,5H,3-4H2,(H,10,11)/t5-/m0/s1. The molecule has 1 aromatic rings. The van der Waals surface area contributed by atoms with Gasteiger partial charge < -0.3 is 10.1 Å². The average molecular weight is 218 g/mol. The largest absolute Gasteiger partial charge is 0.449 e. The summed E-state index contributed by atoms with van der Waals surface area (Å²) < 4.78 is 5.50. The van der Waals surface area contributed by atoms with E-state index < -0.39 is 0 Å². The zero-order chi connectivity index (χ0) is 9.26. The molecule has 0 aromatic carbocycles. The Kier molecular flexibility index (Phi) is 2.42. The number of hydrogen-bond acceptors (Lipinski definition) is 3. The summed E-state index contributed by atoms with van der Waals surface area (Å²) in [5.74, 6) is 0. The molecular weight excluding hydrogens is 210 g/mol. The average Bonchev–Trinajstić information content (AvgIpc) is 2.52. The van der Waals surface area contributed by atoms with E-state index in [-0.39, 0.29) is 12.1 Å². The molecule has 3 nitrogen and oxygen atoms in total. The van der Waals surface area contributed by atoms with Crippen molar-refractivity contribution in [3.05, 3.63) is 21.3 Å². The molecule has 2 rings (SSSR count). The number of hydrogen-bond donors (Lipinski definition) is 1. The van der Waals surface area contributed by atoms with Gasteiger partial charge in [0.05, 0.1) is 17.0 Å². The number of carbonyl (C=O) groups excluding carboxylic acids is 1. The maximum Gasteiger partial charge on any atom is 0.407 e. The second-order valence-corrected chi connectivity index (χ2v) is 4.51. The lowest BCUT2D eigenvalue weighted by molar-refractivity contribution is 0.116. The van der Waals surface area contributed by atoms with Crippen LogP contribution in [0.1, 0.15) is 17.3 Å². The van der Waals surface area contributed by atoms with Crippen molar-refractivity contribution in [1.29, 1.82) is 0 Å². The molecule has 0 saturated carbocycles. The Morgan fingerprint density at radius 1 is 1.62 bits per heavy atom. The predicted octanol–water partition coefficient (Wildman–Crippen LogP) is 2.57. The second-order valence-electron chi connectivity index (χ2n) is 2.76. The Morgan fingerprint density at radius 3 is 3.08 bits per heavy atom. The fourth-order valence-electron chi connectivity index (χ4n) is 1.25. The van der Waals surface area contributed by atoms with Crippen molar-refractivity contribution in [1.82, 2.24) is 5.32 Å². The number of alkyl carbamates (subject to hydrolysis) is 1. The maximum absolute atomic E-state index is 10.9. The third kappa shape index (κ3) is 1.95. The van der Waals surface area contributed by atoms with Gasteiger partial charge in [-0.05, 0) is 12.1 Å². The van der Waals surface area contributed by atoms with Crippen LogP contribution < -0.4 is 5.32 Å². The van der Waals surface area contributed by atoms with Crippen LogP contribution in [0.15, 0.2) is 12.1 Å². The summed E-state index contributed by atoms with van der Waals surface area (Å²) in [6.07, 6.45) is 0.462. The first-order valence-electron chi connectivity index (χ1n) is 3.94. The summed E-state index contributed by atoms with van der Waals surface area (Å²) in [6, 6.07) is 3.84. The molecule has 1 aliphatic heterocycles. The summed E-state index contributed by atoms with van der Waals surface area (Å²) in [7, 11) is 0. The molecule has 1 aromatic heterocycles. The zero-order valence-corrected chi connectivity index (χ0v) is 8.32. The van der Waals surface area contributed by atoms with Crippen molar-refractivity contribution >= 4 is 29.0 Å². The van der Waals surface area contributed by atoms with E-state index in [0.29, 0.717) is 6.61 Å². The molecule has 0 spiro atoms. The highest BCUT2D eigenvalue weighted by Gasteiger charge is 2.21. The van der Waals surface area contributed by atoms with Crippen molar-refractivity contribution < 1.29 is 9.53 Å². The van der Waals surface area contributed by atoms with Gasteiger partial charge in [0.25, 0.3) is 0 Å². The lowest BCUT2D eigenvalue weighted by Crippen LogP contribution is -2.34. The molecule has 1 N–H and O–H groups in total. The molecule has 1 aliphatic rings. The van der Waals surface area contributed by atoms with E-state index in [0.717, 1.165) is 15.6 Å². The Labute approximate surface area is 84.7 Å². The topological polar surface area (TPSA) is 38.3 Å². The summed E-state index contributed by atoms with van der Waals surface area (Å²) >= 11 is 7.28. The van der Waals surface area contributed by atoms with Crippen molar-refractivity contribution in [2.45, 2.75) is 12.5 Å². The van der Waals surface area contributed by atoms with Crippen LogP contribution in [0.2, 0.25) is 4.34 Å². The quantitative estimate of drug-likeness (QED) is 0.785. The number of cyclic esters (lactones) is 1. The van der Waals surface area contributed by atoms with E-state index >= 15 is 0 Å². The summed E-state index contributed by atoms with van der Waals surface area (Å²) in [6.45, 7) is 0.478. The smallest absolute Gasteiger partial charge is 0.407 e. The van der Waals surface area contributed by atoms with Gasteiger partial charge in [0.1, 0.15) is 0 Å². The molecule has 2 heterocycles. The highest BCUT2D eigenvalue weighted by molar-refractivity contribution is 7.16. The fraction of sp³-hybridized carbons (Fsp3) is 0.375. The van der Waals surface area contributed by atoms with Crippen LogP contribution in [0.5, 0.6) is 0 Å². The Hall–Kier alpha value is -0.740. The molecule has 0 aliphatic carbocycles. The zero-order valence-electron chi connectivity index (χ0n) is 6.75. The highest BCUT2D eigenvalue weighted by Crippen LogP contribution is 2.29. The Balaban J connectivity index is 2.12. The van der Waals surface area contributed by atoms with Crippen LogP contribution in [0.25, 0.3) is 0 Å². The normalized spacial score (nSPS) is 22.2. The first-order valence-corrected chi connectivity index (χ1v) is 5.13. The molecule has 0 radical (unpaired) electrons. The summed E-state index contributed by atoms with van der Waals surface area (Å²) in [4.78, 5) is 12.0. The molecule has 1 atom stereocenters. The van der Waals surface area contributed by atoms with Crippen molar-refractivity contribution in [3.63, 3.8) is 0 Å². The highest BCUT2D eigenvalue weighted by atomic mass is 35.5. The molecular formula is C8H8ClNO2S. The van der Waals surface area contributed by atoms with Crippen LogP contribution in [0.4, 0.5) is 4.79 Å². The van der Waals surface area contributed by atoms with Crippen LogP contribution in [-0.4, -0.2) is 12.7 Å². The van der Waals surface area contributed by atoms with Gasteiger partial charge in [-0.25, -0.2) is 4.79 Å². The molecule has 0 bridgehead atoms. The van der Waals surface area contributed by atoms with Crippen molar-refractivity contribution in [2.75, 3.05) is 6.61 Å². The van der Waals surface area contributed by atoms with Gasteiger partial charge in [0.2, 0.25) is 0 Å². The van der Waals surface area contributed by atoms with E-state index in [4.69, 9.17) is 16.3 Å². The summed E-state index contributed by atoms with van der Waals surface area (Å²) in [5, 5.41) is 2.74. The van der Waals surface area contributed by atoms with E-state index in [1.165, 1.54) is 11.3 Å². The fourth-order valence-corrected chi connectivity index (χ4v) is 2.40. The predicted molar refractivity (Wildman–Crippen MR) is 51.2 cm³/mol. The SMILES string of the molecule is O=C1N[C@H](c2ccc(Cl)s2)CCO1. The third-order valence-corrected chi connectivity index (χ3v) is 3.21. The van der Waals surface area contributed by atoms with Crippen molar-refractivity contribution in [3.8, 4) is 0 Å². The molecule has 1 saturated heterocycles. The van der Waals surface area contributed by atoms with Crippen LogP contribution >= 0.6 is 22.9 Å². The van der Waals surface area contributed by atoms with Gasteiger partial charge in [-0.1, -0.05) is 11.6 Å². The number of ether oxygens (including phenoxy) is 1. The van der Waals surface area contributed by atoms with Gasteiger partial charge in [-0.3, -0.25) is 0 Å². The molecule has 1 fully saturated rings. The lowest BCUT2D eigenvalue weighted by atomic mass is 10.1. The van der Waals surface area contributed by atoms with Gasteiger partial charge in [0.15, 0.2) is 0 Å². The minimum Gasteiger partial charge on any atom is -0.449 e. The number of rotatable bonds is 1. The molecule has 5 heteroatoms. The first-order chi connectivity index (χ1) is 6.25. The number of amides is 1. The van der Waals surface area contributed by atoms with Gasteiger partial charge in [-0.15, -0.1) is 11.3 Å². The van der Waals surface area contributed by atoms with Gasteiger partial charge >= 0.3 is 6.09 Å². The first kappa shape index (κ1) is 8.84. The lowest BCUT2D eigenvalue weighted by Gasteiger charge is -2.21. The van der Waals surface area contributed by atoms with Crippen LogP contribution in [0.3, 0.4) is 0 Å². The monoisotopic (exact) mass is 217 g/mol. The molecule has 1 amide bonds. The van der Waals surface area contributed by atoms with Crippen LogP contribution in [-0.2, 0) is 4.74 Å². The molecule has 70 valence electrons. The minimum atomic E-state index is -0.347. The minimum absolute atomic E-state index is 0.0683. The van der Waals surface area contributed by atoms with E-state index in [2.05, 4.69) is 5.32 Å². The molecule has 13 heavy (non-hydrogen) atoms. The van der Waals surface area contributed by atoms with Gasteiger partial charge in [0, 0.05) is 11.3 Å². The second kappa shape index (κ2) is 3.55. The number of nitrogens with one attached hydrogen (secondary N) is 1. The number of halogens is 1. The summed E-state index contributed by atoms with van der Waals surface area (Å²) in [5.41, 5.74) is 0.